The van der Waals surface area contributed by atoms with E-state index in [2.05, 4.69) is 11.9 Å². The molecular weight excluding hydrogens is 268 g/mol. The molecule has 5 nitrogen and oxygen atoms in total. The Morgan fingerprint density at radius 1 is 1.48 bits per heavy atom. The molecule has 1 atom stereocenters. The predicted octanol–water partition coefficient (Wildman–Crippen LogP) is 1.88. The number of rotatable bonds is 6. The van der Waals surface area contributed by atoms with Crippen LogP contribution in [0.25, 0.3) is 0 Å². The number of nitrogens with zero attached hydrogens (tertiary/aromatic N) is 1. The molecule has 5 heteroatoms. The van der Waals surface area contributed by atoms with E-state index in [0.717, 1.165) is 5.69 Å². The second kappa shape index (κ2) is 6.92. The van der Waals surface area contributed by atoms with Gasteiger partial charge in [0.1, 0.15) is 5.75 Å². The van der Waals surface area contributed by atoms with Crippen molar-refractivity contribution < 1.29 is 14.3 Å². The SMILES string of the molecule is C=CCNC(=O)CCN1C(=O)C(CC)Oc2ccccc21. The third-order valence-corrected chi connectivity index (χ3v) is 3.34. The Hall–Kier alpha value is -2.30. The van der Waals surface area contributed by atoms with Crippen LogP contribution in [0.5, 0.6) is 5.75 Å². The fourth-order valence-corrected chi connectivity index (χ4v) is 2.25. The van der Waals surface area contributed by atoms with Gasteiger partial charge in [0.15, 0.2) is 6.10 Å². The normalized spacial score (nSPS) is 16.9. The third kappa shape index (κ3) is 3.42. The molecule has 0 bridgehead atoms. The number of nitrogens with one attached hydrogen (secondary N) is 1. The Labute approximate surface area is 124 Å². The summed E-state index contributed by atoms with van der Waals surface area (Å²) in [6.07, 6.45) is 2.01. The van der Waals surface area contributed by atoms with Crippen molar-refractivity contribution in [2.45, 2.75) is 25.9 Å². The van der Waals surface area contributed by atoms with Gasteiger partial charge >= 0.3 is 0 Å². The minimum Gasteiger partial charge on any atom is -0.478 e. The van der Waals surface area contributed by atoms with Crippen molar-refractivity contribution in [2.24, 2.45) is 0 Å². The fraction of sp³-hybridized carbons (Fsp3) is 0.375. The van der Waals surface area contributed by atoms with Crippen LogP contribution in [0.2, 0.25) is 0 Å². The van der Waals surface area contributed by atoms with Gasteiger partial charge in [-0.2, -0.15) is 0 Å². The summed E-state index contributed by atoms with van der Waals surface area (Å²) >= 11 is 0. The van der Waals surface area contributed by atoms with E-state index in [-0.39, 0.29) is 18.2 Å². The summed E-state index contributed by atoms with van der Waals surface area (Å²) < 4.78 is 5.69. The lowest BCUT2D eigenvalue weighted by molar-refractivity contribution is -0.126. The Morgan fingerprint density at radius 2 is 2.24 bits per heavy atom. The van der Waals surface area contributed by atoms with Crippen LogP contribution in [0, 0.1) is 0 Å². The van der Waals surface area contributed by atoms with Gasteiger partial charge in [-0.05, 0) is 18.6 Å². The number of ether oxygens (including phenoxy) is 1. The molecule has 1 aliphatic rings. The molecule has 0 spiro atoms. The number of carbonyl (C=O) groups excluding carboxylic acids is 2. The van der Waals surface area contributed by atoms with Crippen LogP contribution in [-0.4, -0.2) is 31.0 Å². The second-order valence-electron chi connectivity index (χ2n) is 4.82. The highest BCUT2D eigenvalue weighted by molar-refractivity contribution is 6.00. The first-order valence-corrected chi connectivity index (χ1v) is 7.12. The topological polar surface area (TPSA) is 58.6 Å². The molecular formula is C16H20N2O3. The number of anilines is 1. The zero-order valence-corrected chi connectivity index (χ0v) is 12.2. The van der Waals surface area contributed by atoms with Crippen LogP contribution in [0.15, 0.2) is 36.9 Å². The number of hydrogen-bond acceptors (Lipinski definition) is 3. The minimum atomic E-state index is -0.476. The summed E-state index contributed by atoms with van der Waals surface area (Å²) in [5.74, 6) is 0.503. The summed E-state index contributed by atoms with van der Waals surface area (Å²) in [4.78, 5) is 25.7. The quantitative estimate of drug-likeness (QED) is 0.813. The molecule has 0 aromatic heterocycles. The highest BCUT2D eigenvalue weighted by Gasteiger charge is 2.32. The highest BCUT2D eigenvalue weighted by atomic mass is 16.5. The van der Waals surface area contributed by atoms with Gasteiger partial charge in [0.05, 0.1) is 5.69 Å². The summed E-state index contributed by atoms with van der Waals surface area (Å²) in [6, 6.07) is 7.40. The Morgan fingerprint density at radius 3 is 2.95 bits per heavy atom. The van der Waals surface area contributed by atoms with E-state index in [1.165, 1.54) is 0 Å². The largest absolute Gasteiger partial charge is 0.478 e. The minimum absolute atomic E-state index is 0.0901. The fourth-order valence-electron chi connectivity index (χ4n) is 2.25. The van der Waals surface area contributed by atoms with E-state index in [1.807, 2.05) is 31.2 Å². The number of hydrogen-bond donors (Lipinski definition) is 1. The van der Waals surface area contributed by atoms with E-state index in [1.54, 1.807) is 11.0 Å². The first-order valence-electron chi connectivity index (χ1n) is 7.12. The van der Waals surface area contributed by atoms with Crippen molar-refractivity contribution in [3.8, 4) is 5.75 Å². The Kier molecular flexibility index (Phi) is 4.98. The van der Waals surface area contributed by atoms with E-state index >= 15 is 0 Å². The van der Waals surface area contributed by atoms with Crippen molar-refractivity contribution in [3.05, 3.63) is 36.9 Å². The molecule has 0 radical (unpaired) electrons. The van der Waals surface area contributed by atoms with Crippen molar-refractivity contribution in [2.75, 3.05) is 18.0 Å². The molecule has 0 saturated carbocycles. The molecule has 1 N–H and O–H groups in total. The maximum atomic E-state index is 12.4. The van der Waals surface area contributed by atoms with Gasteiger partial charge < -0.3 is 15.0 Å². The molecule has 1 aliphatic heterocycles. The molecule has 2 rings (SSSR count). The zero-order chi connectivity index (χ0) is 15.2. The average Bonchev–Trinajstić information content (AvgIpc) is 2.51. The number of fused-ring (bicyclic) bond motifs is 1. The van der Waals surface area contributed by atoms with Gasteiger partial charge in [0.2, 0.25) is 5.91 Å². The summed E-state index contributed by atoms with van der Waals surface area (Å²) in [6.45, 7) is 6.24. The number of amides is 2. The maximum absolute atomic E-state index is 12.4. The summed E-state index contributed by atoms with van der Waals surface area (Å²) in [5, 5.41) is 2.71. The number of para-hydroxylation sites is 2. The molecule has 0 saturated heterocycles. The van der Waals surface area contributed by atoms with Crippen molar-refractivity contribution in [3.63, 3.8) is 0 Å². The van der Waals surface area contributed by atoms with Gasteiger partial charge in [-0.1, -0.05) is 25.1 Å². The Bertz CT molecular complexity index is 542. The van der Waals surface area contributed by atoms with Gasteiger partial charge in [-0.15, -0.1) is 6.58 Å². The molecule has 21 heavy (non-hydrogen) atoms. The van der Waals surface area contributed by atoms with Crippen molar-refractivity contribution in [1.82, 2.24) is 5.32 Å². The third-order valence-electron chi connectivity index (χ3n) is 3.34. The van der Waals surface area contributed by atoms with Gasteiger partial charge in [0.25, 0.3) is 5.91 Å². The lowest BCUT2D eigenvalue weighted by atomic mass is 10.1. The standard InChI is InChI=1S/C16H20N2O3/c1-3-10-17-15(19)9-11-18-12-7-5-6-8-14(12)21-13(4-2)16(18)20/h3,5-8,13H,1,4,9-11H2,2H3,(H,17,19). The smallest absolute Gasteiger partial charge is 0.268 e. The van der Waals surface area contributed by atoms with Crippen LogP contribution in [0.1, 0.15) is 19.8 Å². The molecule has 1 aromatic rings. The first kappa shape index (κ1) is 15.1. The molecule has 2 amide bonds. The van der Waals surface area contributed by atoms with Crippen LogP contribution in [0.4, 0.5) is 5.69 Å². The predicted molar refractivity (Wildman–Crippen MR) is 81.3 cm³/mol. The van der Waals surface area contributed by atoms with Crippen LogP contribution in [-0.2, 0) is 9.59 Å². The second-order valence-corrected chi connectivity index (χ2v) is 4.82. The summed E-state index contributed by atoms with van der Waals surface area (Å²) in [7, 11) is 0. The van der Waals surface area contributed by atoms with E-state index < -0.39 is 6.10 Å². The summed E-state index contributed by atoms with van der Waals surface area (Å²) in [5.41, 5.74) is 0.726. The molecule has 1 heterocycles. The Balaban J connectivity index is 2.11. The van der Waals surface area contributed by atoms with Crippen LogP contribution < -0.4 is 15.0 Å². The van der Waals surface area contributed by atoms with Gasteiger partial charge in [0, 0.05) is 19.5 Å². The molecule has 0 fully saturated rings. The molecule has 0 aliphatic carbocycles. The van der Waals surface area contributed by atoms with Crippen molar-refractivity contribution >= 4 is 17.5 Å². The number of carbonyl (C=O) groups is 2. The van der Waals surface area contributed by atoms with E-state index in [0.29, 0.717) is 25.3 Å². The average molecular weight is 288 g/mol. The monoisotopic (exact) mass is 288 g/mol. The van der Waals surface area contributed by atoms with E-state index in [4.69, 9.17) is 4.74 Å². The first-order chi connectivity index (χ1) is 10.2. The van der Waals surface area contributed by atoms with Crippen molar-refractivity contribution in [1.29, 1.82) is 0 Å². The maximum Gasteiger partial charge on any atom is 0.268 e. The molecule has 112 valence electrons. The van der Waals surface area contributed by atoms with Crippen LogP contribution >= 0.6 is 0 Å². The van der Waals surface area contributed by atoms with Crippen LogP contribution in [0.3, 0.4) is 0 Å². The highest BCUT2D eigenvalue weighted by Crippen LogP contribution is 2.34. The lowest BCUT2D eigenvalue weighted by Crippen LogP contribution is -2.46. The molecule has 1 aromatic carbocycles. The zero-order valence-electron chi connectivity index (χ0n) is 12.2. The lowest BCUT2D eigenvalue weighted by Gasteiger charge is -2.33. The van der Waals surface area contributed by atoms with Gasteiger partial charge in [-0.25, -0.2) is 0 Å². The number of benzene rings is 1. The van der Waals surface area contributed by atoms with Gasteiger partial charge in [-0.3, -0.25) is 9.59 Å². The van der Waals surface area contributed by atoms with E-state index in [9.17, 15) is 9.59 Å². The molecule has 1 unspecified atom stereocenters.